The summed E-state index contributed by atoms with van der Waals surface area (Å²) in [5, 5.41) is 4.22. The number of hydrogen-bond acceptors (Lipinski definition) is 9. The lowest BCUT2D eigenvalue weighted by Gasteiger charge is -2.51. The van der Waals surface area contributed by atoms with Crippen molar-refractivity contribution in [3.05, 3.63) is 65.2 Å². The monoisotopic (exact) mass is 628 g/mol. The Bertz CT molecular complexity index is 1510. The van der Waals surface area contributed by atoms with Crippen LogP contribution < -0.4 is 15.6 Å². The van der Waals surface area contributed by atoms with E-state index < -0.39 is 29.9 Å². The van der Waals surface area contributed by atoms with Gasteiger partial charge in [0.05, 0.1) is 16.8 Å². The van der Waals surface area contributed by atoms with Gasteiger partial charge in [0.1, 0.15) is 12.6 Å². The average Bonchev–Trinajstić information content (AvgIpc) is 3.30. The Labute approximate surface area is 268 Å². The average molecular weight is 629 g/mol. The normalized spacial score (nSPS) is 23.7. The number of ether oxygens (including phenoxy) is 1. The van der Waals surface area contributed by atoms with E-state index in [1.165, 1.54) is 0 Å². The number of benzene rings is 2. The number of carbonyl (C=O) groups excluding carboxylic acids is 5. The summed E-state index contributed by atoms with van der Waals surface area (Å²) >= 11 is 0. The van der Waals surface area contributed by atoms with E-state index in [4.69, 9.17) is 4.74 Å². The Balaban J connectivity index is 0.863. The van der Waals surface area contributed by atoms with Crippen molar-refractivity contribution < 1.29 is 28.7 Å². The van der Waals surface area contributed by atoms with Gasteiger partial charge in [0, 0.05) is 51.7 Å². The van der Waals surface area contributed by atoms with Crippen LogP contribution in [0.1, 0.15) is 64.8 Å². The van der Waals surface area contributed by atoms with Crippen molar-refractivity contribution in [2.45, 2.75) is 57.2 Å². The fourth-order valence-corrected chi connectivity index (χ4v) is 7.74. The van der Waals surface area contributed by atoms with E-state index >= 15 is 0 Å². The molecule has 0 bridgehead atoms. The maximum Gasteiger partial charge on any atom is 0.422 e. The molecule has 5 aliphatic heterocycles. The van der Waals surface area contributed by atoms with Crippen molar-refractivity contribution in [3.63, 3.8) is 0 Å². The zero-order valence-corrected chi connectivity index (χ0v) is 25.9. The zero-order chi connectivity index (χ0) is 31.8. The number of nitrogens with zero attached hydrogens (tertiary/aromatic N) is 4. The predicted molar refractivity (Wildman–Crippen MR) is 167 cm³/mol. The molecule has 5 heterocycles. The Kier molecular flexibility index (Phi) is 8.48. The van der Waals surface area contributed by atoms with Gasteiger partial charge in [-0.1, -0.05) is 36.4 Å². The van der Waals surface area contributed by atoms with E-state index in [0.29, 0.717) is 29.0 Å². The molecule has 1 unspecified atom stereocenters. The van der Waals surface area contributed by atoms with E-state index in [1.54, 1.807) is 12.1 Å². The first-order chi connectivity index (χ1) is 22.4. The lowest BCUT2D eigenvalue weighted by atomic mass is 9.78. The van der Waals surface area contributed by atoms with Crippen LogP contribution in [0.4, 0.5) is 10.5 Å². The molecule has 2 aromatic carbocycles. The molecule has 12 heteroatoms. The van der Waals surface area contributed by atoms with Crippen LogP contribution in [0.3, 0.4) is 0 Å². The molecule has 0 spiro atoms. The van der Waals surface area contributed by atoms with Crippen molar-refractivity contribution in [2.24, 2.45) is 11.8 Å². The van der Waals surface area contributed by atoms with Crippen LogP contribution in [0, 0.1) is 11.8 Å². The molecule has 2 aromatic rings. The molecule has 2 N–H and O–H groups in total. The quantitative estimate of drug-likeness (QED) is 0.444. The number of hydrazine groups is 1. The fraction of sp³-hybridized carbons (Fsp3) is 0.500. The van der Waals surface area contributed by atoms with Crippen molar-refractivity contribution in [1.29, 1.82) is 0 Å². The van der Waals surface area contributed by atoms with E-state index in [0.717, 1.165) is 81.1 Å². The second-order valence-corrected chi connectivity index (χ2v) is 13.1. The molecule has 0 aliphatic carbocycles. The van der Waals surface area contributed by atoms with Crippen LogP contribution in [0.2, 0.25) is 0 Å². The summed E-state index contributed by atoms with van der Waals surface area (Å²) in [5.41, 5.74) is 5.30. The first kappa shape index (κ1) is 30.4. The van der Waals surface area contributed by atoms with E-state index in [1.807, 2.05) is 41.4 Å². The van der Waals surface area contributed by atoms with Gasteiger partial charge in [-0.25, -0.2) is 9.80 Å². The van der Waals surface area contributed by atoms with Gasteiger partial charge in [-0.15, -0.1) is 0 Å². The third-order valence-corrected chi connectivity index (χ3v) is 10.4. The largest absolute Gasteiger partial charge is 0.444 e. The maximum absolute atomic E-state index is 13.5. The number of nitrogens with one attached hydrogen (secondary N) is 2. The summed E-state index contributed by atoms with van der Waals surface area (Å²) in [6, 6.07) is 14.6. The van der Waals surface area contributed by atoms with Crippen LogP contribution in [-0.2, 0) is 20.9 Å². The topological polar surface area (TPSA) is 132 Å². The second kappa shape index (κ2) is 12.8. The van der Waals surface area contributed by atoms with E-state index in [-0.39, 0.29) is 25.4 Å². The van der Waals surface area contributed by atoms with E-state index in [9.17, 15) is 24.0 Å². The van der Waals surface area contributed by atoms with Gasteiger partial charge >= 0.3 is 6.09 Å². The van der Waals surface area contributed by atoms with Gasteiger partial charge in [0.15, 0.2) is 0 Å². The zero-order valence-electron chi connectivity index (χ0n) is 25.9. The molecule has 7 rings (SSSR count). The van der Waals surface area contributed by atoms with Crippen LogP contribution in [0.15, 0.2) is 48.5 Å². The number of carbonyl (C=O) groups is 5. The maximum atomic E-state index is 13.5. The van der Waals surface area contributed by atoms with Crippen molar-refractivity contribution >= 4 is 35.4 Å². The molecule has 12 nitrogen and oxygen atoms in total. The second-order valence-electron chi connectivity index (χ2n) is 13.1. The van der Waals surface area contributed by atoms with E-state index in [2.05, 4.69) is 20.5 Å². The minimum absolute atomic E-state index is 0.102. The number of fused-ring (bicyclic) bond motifs is 1. The number of likely N-dealkylation sites (tertiary alicyclic amines) is 1. The Morgan fingerprint density at radius 2 is 1.57 bits per heavy atom. The van der Waals surface area contributed by atoms with Gasteiger partial charge in [-0.2, -0.15) is 0 Å². The molecule has 0 saturated carbocycles. The molecule has 0 aromatic heterocycles. The Morgan fingerprint density at radius 1 is 0.826 bits per heavy atom. The van der Waals surface area contributed by atoms with Crippen LogP contribution in [0.5, 0.6) is 0 Å². The van der Waals surface area contributed by atoms with Crippen LogP contribution in [0.25, 0.3) is 0 Å². The van der Waals surface area contributed by atoms with Crippen LogP contribution >= 0.6 is 0 Å². The molecular weight excluding hydrogens is 588 g/mol. The highest BCUT2D eigenvalue weighted by atomic mass is 16.6. The van der Waals surface area contributed by atoms with Gasteiger partial charge in [0.25, 0.3) is 11.8 Å². The van der Waals surface area contributed by atoms with Gasteiger partial charge in [-0.05, 0) is 61.6 Å². The lowest BCUT2D eigenvalue weighted by molar-refractivity contribution is -0.136. The number of rotatable bonds is 7. The van der Waals surface area contributed by atoms with Crippen molar-refractivity contribution in [3.8, 4) is 0 Å². The minimum Gasteiger partial charge on any atom is -0.444 e. The van der Waals surface area contributed by atoms with Crippen LogP contribution in [-0.4, -0.2) is 95.9 Å². The molecule has 242 valence electrons. The molecule has 0 radical (unpaired) electrons. The minimum atomic E-state index is -0.963. The number of imide groups is 2. The third-order valence-electron chi connectivity index (χ3n) is 10.4. The molecule has 46 heavy (non-hydrogen) atoms. The molecular formula is C34H40N6O6. The summed E-state index contributed by atoms with van der Waals surface area (Å²) in [4.78, 5) is 69.0. The highest BCUT2D eigenvalue weighted by Crippen LogP contribution is 2.39. The van der Waals surface area contributed by atoms with Crippen molar-refractivity contribution in [1.82, 2.24) is 25.6 Å². The summed E-state index contributed by atoms with van der Waals surface area (Å²) in [5.74, 6) is -0.629. The Hall–Kier alpha value is -4.29. The summed E-state index contributed by atoms with van der Waals surface area (Å²) in [6.07, 6.45) is 3.89. The number of hydrogen-bond donors (Lipinski definition) is 2. The standard InChI is InChI=1S/C34H40N6O6/c41-29-10-9-28(31(42)35-29)40-32(43)26-7-4-8-27(30(26)33(40)44)37-15-11-23(12-16-37)24-19-38(20-24)25-13-17-39(18-14-25)36-34(45)46-21-22-5-2-1-3-6-22/h1-8,23-25,28H,9-21H2,(H,36,45)(H,35,41,42). The van der Waals surface area contributed by atoms with Gasteiger partial charge < -0.3 is 9.64 Å². The van der Waals surface area contributed by atoms with Gasteiger partial charge in [-0.3, -0.25) is 39.7 Å². The molecule has 5 amide bonds. The Morgan fingerprint density at radius 3 is 2.28 bits per heavy atom. The molecule has 4 saturated heterocycles. The third kappa shape index (κ3) is 5.99. The summed E-state index contributed by atoms with van der Waals surface area (Å²) < 4.78 is 5.36. The predicted octanol–water partition coefficient (Wildman–Crippen LogP) is 2.54. The molecule has 5 aliphatic rings. The number of amides is 5. The first-order valence-electron chi connectivity index (χ1n) is 16.4. The molecule has 1 atom stereocenters. The highest BCUT2D eigenvalue weighted by molar-refractivity contribution is 6.25. The highest BCUT2D eigenvalue weighted by Gasteiger charge is 2.46. The first-order valence-corrected chi connectivity index (χ1v) is 16.4. The smallest absolute Gasteiger partial charge is 0.422 e. The van der Waals surface area contributed by atoms with Gasteiger partial charge in [0.2, 0.25) is 11.8 Å². The molecule has 4 fully saturated rings. The summed E-state index contributed by atoms with van der Waals surface area (Å²) in [7, 11) is 0. The lowest BCUT2D eigenvalue weighted by Crippen LogP contribution is -2.59. The SMILES string of the molecule is O=C1CCC(N2C(=O)c3cccc(N4CCC(C5CN(C6CCN(NC(=O)OCc7ccccc7)CC6)C5)CC4)c3C2=O)C(=O)N1. The number of piperidine rings is 3. The fourth-order valence-electron chi connectivity index (χ4n) is 7.74. The number of anilines is 1. The summed E-state index contributed by atoms with van der Waals surface area (Å²) in [6.45, 7) is 5.66. The van der Waals surface area contributed by atoms with Crippen molar-refractivity contribution in [2.75, 3.05) is 44.2 Å².